The van der Waals surface area contributed by atoms with Gasteiger partial charge in [-0.05, 0) is 19.3 Å². The van der Waals surface area contributed by atoms with Gasteiger partial charge in [0, 0.05) is 6.54 Å². The van der Waals surface area contributed by atoms with Crippen molar-refractivity contribution in [3.63, 3.8) is 0 Å². The van der Waals surface area contributed by atoms with Crippen molar-refractivity contribution in [1.29, 1.82) is 0 Å². The summed E-state index contributed by atoms with van der Waals surface area (Å²) in [4.78, 5) is 9.91. The molecule has 0 bridgehead atoms. The van der Waals surface area contributed by atoms with Crippen molar-refractivity contribution in [3.05, 3.63) is 0 Å². The molecule has 0 radical (unpaired) electrons. The van der Waals surface area contributed by atoms with Crippen LogP contribution < -0.4 is 5.32 Å². The molecule has 1 saturated carbocycles. The van der Waals surface area contributed by atoms with Gasteiger partial charge in [0.05, 0.1) is 5.60 Å². The van der Waals surface area contributed by atoms with E-state index in [1.165, 1.54) is 0 Å². The predicted molar refractivity (Wildman–Crippen MR) is 34.8 cm³/mol. The second-order valence-corrected chi connectivity index (χ2v) is 2.71. The van der Waals surface area contributed by atoms with Crippen molar-refractivity contribution in [2.45, 2.75) is 24.9 Å². The highest BCUT2D eigenvalue weighted by atomic mass is 16.4. The van der Waals surface area contributed by atoms with Crippen LogP contribution in [0.25, 0.3) is 0 Å². The van der Waals surface area contributed by atoms with Gasteiger partial charge in [0.2, 0.25) is 0 Å². The summed E-state index contributed by atoms with van der Waals surface area (Å²) in [6, 6.07) is 0. The van der Waals surface area contributed by atoms with E-state index in [0.717, 1.165) is 12.8 Å². The van der Waals surface area contributed by atoms with E-state index in [4.69, 9.17) is 5.11 Å². The van der Waals surface area contributed by atoms with Crippen LogP contribution in [0, 0.1) is 0 Å². The maximum absolute atomic E-state index is 9.91. The van der Waals surface area contributed by atoms with Crippen LogP contribution in [0.15, 0.2) is 0 Å². The van der Waals surface area contributed by atoms with Crippen molar-refractivity contribution in [2.24, 2.45) is 0 Å². The monoisotopic (exact) mass is 145 g/mol. The van der Waals surface area contributed by atoms with Crippen LogP contribution in [0.3, 0.4) is 0 Å². The summed E-state index contributed by atoms with van der Waals surface area (Å²) in [7, 11) is 0. The van der Waals surface area contributed by atoms with E-state index in [9.17, 15) is 9.90 Å². The van der Waals surface area contributed by atoms with Gasteiger partial charge in [-0.3, -0.25) is 0 Å². The van der Waals surface area contributed by atoms with Crippen molar-refractivity contribution in [3.8, 4) is 0 Å². The first-order valence-corrected chi connectivity index (χ1v) is 3.32. The molecule has 3 N–H and O–H groups in total. The van der Waals surface area contributed by atoms with Crippen molar-refractivity contribution < 1.29 is 15.0 Å². The third-order valence-corrected chi connectivity index (χ3v) is 1.69. The van der Waals surface area contributed by atoms with Gasteiger partial charge < -0.3 is 15.5 Å². The van der Waals surface area contributed by atoms with E-state index in [0.29, 0.717) is 13.0 Å². The largest absolute Gasteiger partial charge is 0.465 e. The highest BCUT2D eigenvalue weighted by Crippen LogP contribution is 2.37. The Balaban J connectivity index is 2.00. The Morgan fingerprint density at radius 2 is 2.20 bits per heavy atom. The third-order valence-electron chi connectivity index (χ3n) is 1.69. The number of hydrogen-bond acceptors (Lipinski definition) is 2. The van der Waals surface area contributed by atoms with Crippen molar-refractivity contribution in [2.75, 3.05) is 6.54 Å². The van der Waals surface area contributed by atoms with E-state index < -0.39 is 11.7 Å². The Morgan fingerprint density at radius 1 is 1.60 bits per heavy atom. The number of nitrogens with one attached hydrogen (secondary N) is 1. The molecular formula is C6H11NO3. The molecule has 0 aromatic rings. The lowest BCUT2D eigenvalue weighted by atomic mass is 10.2. The van der Waals surface area contributed by atoms with Gasteiger partial charge >= 0.3 is 6.09 Å². The minimum Gasteiger partial charge on any atom is -0.465 e. The standard InChI is InChI=1S/C6H11NO3/c8-5(9)7-4-3-6(10)1-2-6/h7,10H,1-4H2,(H,8,9). The number of hydrogen-bond donors (Lipinski definition) is 3. The first kappa shape index (κ1) is 7.34. The average molecular weight is 145 g/mol. The molecule has 0 aromatic carbocycles. The lowest BCUT2D eigenvalue weighted by Crippen LogP contribution is -2.25. The zero-order chi connectivity index (χ0) is 7.61. The third kappa shape index (κ3) is 2.23. The topological polar surface area (TPSA) is 69.6 Å². The Bertz CT molecular complexity index is 142. The molecule has 4 nitrogen and oxygen atoms in total. The summed E-state index contributed by atoms with van der Waals surface area (Å²) in [5.74, 6) is 0. The molecule has 10 heavy (non-hydrogen) atoms. The predicted octanol–water partition coefficient (Wildman–Crippen LogP) is 0.169. The van der Waals surface area contributed by atoms with Crippen LogP contribution in [0.2, 0.25) is 0 Å². The molecule has 58 valence electrons. The normalized spacial score (nSPS) is 20.1. The second-order valence-electron chi connectivity index (χ2n) is 2.71. The Morgan fingerprint density at radius 3 is 2.60 bits per heavy atom. The van der Waals surface area contributed by atoms with Crippen LogP contribution in [0.1, 0.15) is 19.3 Å². The Kier molecular flexibility index (Phi) is 1.80. The fourth-order valence-corrected chi connectivity index (χ4v) is 0.796. The van der Waals surface area contributed by atoms with Gasteiger partial charge in [0.1, 0.15) is 0 Å². The Hall–Kier alpha value is -0.770. The van der Waals surface area contributed by atoms with E-state index >= 15 is 0 Å². The highest BCUT2D eigenvalue weighted by molar-refractivity contribution is 5.64. The summed E-state index contributed by atoms with van der Waals surface area (Å²) in [5.41, 5.74) is -0.539. The lowest BCUT2D eigenvalue weighted by molar-refractivity contribution is 0.138. The second kappa shape index (κ2) is 2.46. The lowest BCUT2D eigenvalue weighted by Gasteiger charge is -2.05. The van der Waals surface area contributed by atoms with Crippen LogP contribution in [-0.4, -0.2) is 28.5 Å². The molecule has 0 unspecified atom stereocenters. The minimum absolute atomic E-state index is 0.353. The van der Waals surface area contributed by atoms with Gasteiger partial charge in [-0.2, -0.15) is 0 Å². The van der Waals surface area contributed by atoms with Gasteiger partial charge in [-0.1, -0.05) is 0 Å². The number of amides is 1. The van der Waals surface area contributed by atoms with E-state index in [-0.39, 0.29) is 0 Å². The maximum Gasteiger partial charge on any atom is 0.404 e. The summed E-state index contributed by atoms with van der Waals surface area (Å²) < 4.78 is 0. The minimum atomic E-state index is -1.02. The SMILES string of the molecule is O=C(O)NCCC1(O)CC1. The van der Waals surface area contributed by atoms with Crippen LogP contribution >= 0.6 is 0 Å². The molecule has 1 aliphatic carbocycles. The Labute approximate surface area is 58.9 Å². The summed E-state index contributed by atoms with van der Waals surface area (Å²) in [6.07, 6.45) is 1.14. The summed E-state index contributed by atoms with van der Waals surface area (Å²) in [6.45, 7) is 0.353. The van der Waals surface area contributed by atoms with Crippen LogP contribution in [0.5, 0.6) is 0 Å². The zero-order valence-corrected chi connectivity index (χ0v) is 5.63. The molecule has 1 rings (SSSR count). The van der Waals surface area contributed by atoms with E-state index in [2.05, 4.69) is 5.32 Å². The molecule has 1 amide bonds. The average Bonchev–Trinajstić information content (AvgIpc) is 2.47. The molecular weight excluding hydrogens is 134 g/mol. The smallest absolute Gasteiger partial charge is 0.404 e. The molecule has 4 heteroatoms. The molecule has 0 aromatic heterocycles. The van der Waals surface area contributed by atoms with Gasteiger partial charge in [0.15, 0.2) is 0 Å². The zero-order valence-electron chi connectivity index (χ0n) is 5.63. The van der Waals surface area contributed by atoms with Crippen LogP contribution in [-0.2, 0) is 0 Å². The molecule has 1 aliphatic rings. The molecule has 0 spiro atoms. The van der Waals surface area contributed by atoms with Crippen molar-refractivity contribution >= 4 is 6.09 Å². The summed E-state index contributed by atoms with van der Waals surface area (Å²) >= 11 is 0. The van der Waals surface area contributed by atoms with Crippen molar-refractivity contribution in [1.82, 2.24) is 5.32 Å². The van der Waals surface area contributed by atoms with E-state index in [1.807, 2.05) is 0 Å². The first-order valence-electron chi connectivity index (χ1n) is 3.32. The van der Waals surface area contributed by atoms with Gasteiger partial charge in [-0.25, -0.2) is 4.79 Å². The van der Waals surface area contributed by atoms with Crippen LogP contribution in [0.4, 0.5) is 4.79 Å². The number of carbonyl (C=O) groups is 1. The number of aliphatic hydroxyl groups is 1. The molecule has 0 aliphatic heterocycles. The highest BCUT2D eigenvalue weighted by Gasteiger charge is 2.39. The fourth-order valence-electron chi connectivity index (χ4n) is 0.796. The van der Waals surface area contributed by atoms with Gasteiger partial charge in [0.25, 0.3) is 0 Å². The molecule has 0 saturated heterocycles. The van der Waals surface area contributed by atoms with Gasteiger partial charge in [-0.15, -0.1) is 0 Å². The number of rotatable bonds is 3. The fraction of sp³-hybridized carbons (Fsp3) is 0.833. The summed E-state index contributed by atoms with van der Waals surface area (Å²) in [5, 5.41) is 19.5. The quantitative estimate of drug-likeness (QED) is 0.530. The maximum atomic E-state index is 9.91. The first-order chi connectivity index (χ1) is 4.62. The molecule has 0 atom stereocenters. The molecule has 0 heterocycles. The molecule has 1 fully saturated rings. The number of carboxylic acid groups (broad SMARTS) is 1. The van der Waals surface area contributed by atoms with E-state index in [1.54, 1.807) is 0 Å².